The number of rotatable bonds is 9. The minimum atomic E-state index is -0.112. The first kappa shape index (κ1) is 23.7. The summed E-state index contributed by atoms with van der Waals surface area (Å²) in [6.45, 7) is 5.80. The molecule has 1 aromatic heterocycles. The summed E-state index contributed by atoms with van der Waals surface area (Å²) in [5.41, 5.74) is 1.91. The van der Waals surface area contributed by atoms with E-state index in [0.29, 0.717) is 19.1 Å². The number of methoxy groups -OCH3 is 1. The number of hydrogen-bond acceptors (Lipinski definition) is 4. The number of aromatic amines is 1. The second-order valence-corrected chi connectivity index (χ2v) is 6.06. The molecule has 0 fully saturated rings. The van der Waals surface area contributed by atoms with Gasteiger partial charge < -0.3 is 20.4 Å². The number of imidazole rings is 1. The van der Waals surface area contributed by atoms with E-state index in [4.69, 9.17) is 4.74 Å². The molecule has 8 heteroatoms. The van der Waals surface area contributed by atoms with Gasteiger partial charge in [0.05, 0.1) is 30.2 Å². The summed E-state index contributed by atoms with van der Waals surface area (Å²) < 4.78 is 4.95. The number of benzene rings is 1. The molecule has 2 rings (SSSR count). The molecule has 1 heterocycles. The van der Waals surface area contributed by atoms with E-state index in [1.54, 1.807) is 7.11 Å². The molecule has 0 aliphatic heterocycles. The van der Waals surface area contributed by atoms with Crippen molar-refractivity contribution in [1.29, 1.82) is 0 Å². The zero-order valence-corrected chi connectivity index (χ0v) is 16.5. The number of hydrogen-bond donors (Lipinski definition) is 3. The van der Waals surface area contributed by atoms with E-state index in [9.17, 15) is 4.79 Å². The summed E-state index contributed by atoms with van der Waals surface area (Å²) in [7, 11) is 1.64. The van der Waals surface area contributed by atoms with Gasteiger partial charge in [-0.3, -0.25) is 4.79 Å². The van der Waals surface area contributed by atoms with Crippen molar-refractivity contribution in [3.8, 4) is 0 Å². The Morgan fingerprint density at radius 1 is 1.28 bits per heavy atom. The van der Waals surface area contributed by atoms with Crippen molar-refractivity contribution in [3.05, 3.63) is 30.1 Å². The minimum Gasteiger partial charge on any atom is -0.383 e. The maximum Gasteiger partial charge on any atom is 0.234 e. The number of amides is 1. The van der Waals surface area contributed by atoms with Crippen LogP contribution in [0.4, 0.5) is 0 Å². The number of H-pyrrole nitrogens is 1. The summed E-state index contributed by atoms with van der Waals surface area (Å²) in [6, 6.07) is 7.78. The lowest BCUT2D eigenvalue weighted by Gasteiger charge is -2.19. The minimum absolute atomic E-state index is 0. The van der Waals surface area contributed by atoms with Crippen LogP contribution in [0.15, 0.2) is 24.3 Å². The van der Waals surface area contributed by atoms with Gasteiger partial charge in [0.15, 0.2) is 0 Å². The Kier molecular flexibility index (Phi) is 11.4. The smallest absolute Gasteiger partial charge is 0.234 e. The molecule has 3 N–H and O–H groups in total. The molecule has 2 aromatic rings. The Hall–Kier alpha value is -1.34. The van der Waals surface area contributed by atoms with Gasteiger partial charge >= 0.3 is 0 Å². The number of carbonyl (C=O) groups excluding carboxylic acids is 1. The molecule has 1 unspecified atom stereocenters. The predicted molar refractivity (Wildman–Crippen MR) is 106 cm³/mol. The lowest BCUT2D eigenvalue weighted by molar-refractivity contribution is -0.121. The van der Waals surface area contributed by atoms with Crippen LogP contribution in [0.3, 0.4) is 0 Å². The molecule has 6 nitrogen and oxygen atoms in total. The van der Waals surface area contributed by atoms with Crippen LogP contribution in [-0.4, -0.2) is 42.7 Å². The first-order chi connectivity index (χ1) is 11.1. The van der Waals surface area contributed by atoms with E-state index in [2.05, 4.69) is 34.4 Å². The molecular weight excluding hydrogens is 363 g/mol. The summed E-state index contributed by atoms with van der Waals surface area (Å²) in [6.07, 6.45) is 0.837. The number of para-hydroxylation sites is 2. The number of carbonyl (C=O) groups is 1. The van der Waals surface area contributed by atoms with Gasteiger partial charge in [0, 0.05) is 13.7 Å². The van der Waals surface area contributed by atoms with Crippen LogP contribution >= 0.6 is 24.8 Å². The van der Waals surface area contributed by atoms with E-state index in [1.807, 2.05) is 24.3 Å². The number of nitrogens with one attached hydrogen (secondary N) is 3. The second kappa shape index (κ2) is 12.1. The highest BCUT2D eigenvalue weighted by Crippen LogP contribution is 2.21. The monoisotopic (exact) mass is 390 g/mol. The van der Waals surface area contributed by atoms with Crippen molar-refractivity contribution in [2.45, 2.75) is 26.3 Å². The molecule has 1 atom stereocenters. The normalized spacial score (nSPS) is 11.7. The van der Waals surface area contributed by atoms with Crippen LogP contribution < -0.4 is 10.6 Å². The fraction of sp³-hybridized carbons (Fsp3) is 0.529. The molecule has 0 saturated heterocycles. The molecule has 0 saturated carbocycles. The molecule has 0 bridgehead atoms. The Balaban J connectivity index is 0.00000288. The predicted octanol–water partition coefficient (Wildman–Crippen LogP) is 2.85. The lowest BCUT2D eigenvalue weighted by Crippen LogP contribution is -2.38. The van der Waals surface area contributed by atoms with Crippen LogP contribution in [0, 0.1) is 5.92 Å². The highest BCUT2D eigenvalue weighted by Gasteiger charge is 2.19. The zero-order valence-electron chi connectivity index (χ0n) is 14.9. The number of aromatic nitrogens is 2. The van der Waals surface area contributed by atoms with Crippen molar-refractivity contribution in [1.82, 2.24) is 20.6 Å². The second-order valence-electron chi connectivity index (χ2n) is 6.06. The third-order valence-corrected chi connectivity index (χ3v) is 3.55. The van der Waals surface area contributed by atoms with Gasteiger partial charge in [-0.15, -0.1) is 24.8 Å². The van der Waals surface area contributed by atoms with Crippen LogP contribution in [0.1, 0.15) is 32.1 Å². The van der Waals surface area contributed by atoms with Crippen molar-refractivity contribution < 1.29 is 9.53 Å². The maximum atomic E-state index is 12.1. The van der Waals surface area contributed by atoms with E-state index < -0.39 is 0 Å². The highest BCUT2D eigenvalue weighted by atomic mass is 35.5. The van der Waals surface area contributed by atoms with E-state index >= 15 is 0 Å². The van der Waals surface area contributed by atoms with E-state index in [1.165, 1.54) is 0 Å². The van der Waals surface area contributed by atoms with Gasteiger partial charge in [-0.25, -0.2) is 4.98 Å². The third kappa shape index (κ3) is 7.61. The van der Waals surface area contributed by atoms with Gasteiger partial charge in [0.2, 0.25) is 5.91 Å². The fourth-order valence-electron chi connectivity index (χ4n) is 2.47. The van der Waals surface area contributed by atoms with Crippen molar-refractivity contribution in [3.63, 3.8) is 0 Å². The molecule has 25 heavy (non-hydrogen) atoms. The van der Waals surface area contributed by atoms with Gasteiger partial charge in [0.1, 0.15) is 5.82 Å². The summed E-state index contributed by atoms with van der Waals surface area (Å²) in [4.78, 5) is 20.1. The van der Waals surface area contributed by atoms with Crippen LogP contribution in [0.2, 0.25) is 0 Å². The van der Waals surface area contributed by atoms with Gasteiger partial charge in [0.25, 0.3) is 0 Å². The molecular formula is C17H28Cl2N4O2. The number of ether oxygens (including phenoxy) is 1. The summed E-state index contributed by atoms with van der Waals surface area (Å²) in [5.74, 6) is 1.23. The molecule has 142 valence electrons. The standard InChI is InChI=1S/C17H26N4O2.2ClH/c1-12(2)10-15(19-16(22)11-18-8-9-23-3)17-20-13-6-4-5-7-14(13)21-17;;/h4-7,12,15,18H,8-11H2,1-3H3,(H,19,22)(H,20,21);2*1H. The Bertz CT molecular complexity index is 601. The van der Waals surface area contributed by atoms with Gasteiger partial charge in [-0.2, -0.15) is 0 Å². The maximum absolute atomic E-state index is 12.1. The average molecular weight is 391 g/mol. The van der Waals surface area contributed by atoms with E-state index in [-0.39, 0.29) is 43.3 Å². The largest absolute Gasteiger partial charge is 0.383 e. The van der Waals surface area contributed by atoms with Crippen LogP contribution in [0.5, 0.6) is 0 Å². The Morgan fingerprint density at radius 3 is 2.64 bits per heavy atom. The first-order valence-corrected chi connectivity index (χ1v) is 8.03. The van der Waals surface area contributed by atoms with Crippen LogP contribution in [-0.2, 0) is 9.53 Å². The SMILES string of the molecule is COCCNCC(=O)NC(CC(C)C)c1nc2ccccc2[nH]1.Cl.Cl. The molecule has 0 aliphatic rings. The number of halogens is 2. The quantitative estimate of drug-likeness (QED) is 0.575. The molecule has 0 radical (unpaired) electrons. The molecule has 1 amide bonds. The van der Waals surface area contributed by atoms with Crippen molar-refractivity contribution in [2.75, 3.05) is 26.8 Å². The average Bonchev–Trinajstić information content (AvgIpc) is 2.94. The fourth-order valence-corrected chi connectivity index (χ4v) is 2.47. The lowest BCUT2D eigenvalue weighted by atomic mass is 10.0. The Morgan fingerprint density at radius 2 is 2.00 bits per heavy atom. The first-order valence-electron chi connectivity index (χ1n) is 8.03. The number of fused-ring (bicyclic) bond motifs is 1. The highest BCUT2D eigenvalue weighted by molar-refractivity contribution is 5.85. The molecule has 0 aliphatic carbocycles. The van der Waals surface area contributed by atoms with Gasteiger partial charge in [-0.05, 0) is 24.5 Å². The summed E-state index contributed by atoms with van der Waals surface area (Å²) >= 11 is 0. The summed E-state index contributed by atoms with van der Waals surface area (Å²) in [5, 5.41) is 6.12. The zero-order chi connectivity index (χ0) is 16.7. The molecule has 0 spiro atoms. The van der Waals surface area contributed by atoms with Crippen molar-refractivity contribution in [2.24, 2.45) is 5.92 Å². The van der Waals surface area contributed by atoms with Gasteiger partial charge in [-0.1, -0.05) is 26.0 Å². The van der Waals surface area contributed by atoms with Crippen molar-refractivity contribution >= 4 is 41.8 Å². The topological polar surface area (TPSA) is 79.0 Å². The van der Waals surface area contributed by atoms with E-state index in [0.717, 1.165) is 23.3 Å². The molecule has 1 aromatic carbocycles. The Labute approximate surface area is 161 Å². The van der Waals surface area contributed by atoms with Crippen LogP contribution in [0.25, 0.3) is 11.0 Å². The third-order valence-electron chi connectivity index (χ3n) is 3.55. The number of nitrogens with zero attached hydrogens (tertiary/aromatic N) is 1.